The van der Waals surface area contributed by atoms with Gasteiger partial charge in [-0.25, -0.2) is 8.78 Å². The monoisotopic (exact) mass is 306 g/mol. The summed E-state index contributed by atoms with van der Waals surface area (Å²) >= 11 is 0. The molecule has 0 spiro atoms. The minimum Gasteiger partial charge on any atom is -0.349 e. The lowest BCUT2D eigenvalue weighted by Crippen LogP contribution is -2.53. The molecule has 114 valence electrons. The van der Waals surface area contributed by atoms with E-state index in [0.717, 1.165) is 12.1 Å². The molecule has 0 aliphatic rings. The Morgan fingerprint density at radius 2 is 1.90 bits per heavy atom. The van der Waals surface area contributed by atoms with Crippen molar-refractivity contribution in [1.29, 1.82) is 0 Å². The third kappa shape index (κ3) is 4.72. The summed E-state index contributed by atoms with van der Waals surface area (Å²) in [5.41, 5.74) is 5.41. The molecule has 0 aromatic heterocycles. The van der Waals surface area contributed by atoms with Crippen LogP contribution in [0.1, 0.15) is 32.3 Å². The van der Waals surface area contributed by atoms with Crippen molar-refractivity contribution >= 4 is 18.3 Å². The maximum Gasteiger partial charge on any atom is 0.225 e. The Kier molecular flexibility index (Phi) is 7.68. The Morgan fingerprint density at radius 1 is 1.30 bits per heavy atom. The van der Waals surface area contributed by atoms with E-state index >= 15 is 0 Å². The zero-order valence-electron chi connectivity index (χ0n) is 11.7. The lowest BCUT2D eigenvalue weighted by Gasteiger charge is -2.31. The zero-order valence-corrected chi connectivity index (χ0v) is 12.5. The van der Waals surface area contributed by atoms with Crippen LogP contribution < -0.4 is 11.1 Å². The normalized spacial score (nSPS) is 10.8. The van der Waals surface area contributed by atoms with Gasteiger partial charge in [0.25, 0.3) is 0 Å². The molecule has 0 aliphatic heterocycles. The summed E-state index contributed by atoms with van der Waals surface area (Å²) in [6, 6.07) is 3.20. The van der Waals surface area contributed by atoms with Gasteiger partial charge in [0, 0.05) is 12.6 Å². The molecule has 0 heterocycles. The number of nitrogens with two attached hydrogens (primary N) is 1. The molecule has 1 aromatic carbocycles. The number of hydrogen-bond acceptors (Lipinski definition) is 2. The number of carbonyl (C=O) groups is 1. The Labute approximate surface area is 124 Å². The van der Waals surface area contributed by atoms with Crippen LogP contribution in [0.3, 0.4) is 0 Å². The molecule has 3 N–H and O–H groups in total. The topological polar surface area (TPSA) is 55.1 Å². The largest absolute Gasteiger partial charge is 0.349 e. The summed E-state index contributed by atoms with van der Waals surface area (Å²) in [4.78, 5) is 11.9. The lowest BCUT2D eigenvalue weighted by molar-refractivity contribution is -0.122. The van der Waals surface area contributed by atoms with Crippen LogP contribution in [0.2, 0.25) is 0 Å². The fourth-order valence-corrected chi connectivity index (χ4v) is 1.94. The first-order valence-electron chi connectivity index (χ1n) is 6.41. The highest BCUT2D eigenvalue weighted by molar-refractivity contribution is 5.85. The van der Waals surface area contributed by atoms with Crippen molar-refractivity contribution in [3.63, 3.8) is 0 Å². The summed E-state index contributed by atoms with van der Waals surface area (Å²) in [7, 11) is 0. The average Bonchev–Trinajstić information content (AvgIpc) is 2.39. The number of carbonyl (C=O) groups excluding carboxylic acids is 1. The van der Waals surface area contributed by atoms with Crippen molar-refractivity contribution in [2.75, 3.05) is 6.54 Å². The summed E-state index contributed by atoms with van der Waals surface area (Å²) in [5, 5.41) is 2.85. The fraction of sp³-hybridized carbons (Fsp3) is 0.500. The van der Waals surface area contributed by atoms with Gasteiger partial charge in [-0.3, -0.25) is 4.79 Å². The van der Waals surface area contributed by atoms with Crippen molar-refractivity contribution in [3.8, 4) is 0 Å². The number of amides is 1. The van der Waals surface area contributed by atoms with Gasteiger partial charge in [0.05, 0.1) is 12.0 Å². The molecule has 0 atom stereocenters. The third-order valence-electron chi connectivity index (χ3n) is 3.51. The van der Waals surface area contributed by atoms with Gasteiger partial charge < -0.3 is 11.1 Å². The summed E-state index contributed by atoms with van der Waals surface area (Å²) in [5.74, 6) is -1.67. The van der Waals surface area contributed by atoms with Crippen molar-refractivity contribution in [2.45, 2.75) is 38.6 Å². The smallest absolute Gasteiger partial charge is 0.225 e. The highest BCUT2D eigenvalue weighted by Gasteiger charge is 2.26. The molecular formula is C14H21ClF2N2O. The first-order chi connectivity index (χ1) is 8.96. The van der Waals surface area contributed by atoms with Crippen LogP contribution in [0.15, 0.2) is 18.2 Å². The first-order valence-corrected chi connectivity index (χ1v) is 6.41. The fourth-order valence-electron chi connectivity index (χ4n) is 1.94. The molecule has 0 saturated carbocycles. The Balaban J connectivity index is 0.00000361. The second-order valence-electron chi connectivity index (χ2n) is 4.65. The molecule has 0 saturated heterocycles. The summed E-state index contributed by atoms with van der Waals surface area (Å²) in [6.07, 6.45) is 1.29. The Bertz CT molecular complexity index is 443. The highest BCUT2D eigenvalue weighted by Crippen LogP contribution is 2.15. The molecule has 0 unspecified atom stereocenters. The van der Waals surface area contributed by atoms with E-state index in [1.54, 1.807) is 0 Å². The van der Waals surface area contributed by atoms with E-state index in [2.05, 4.69) is 5.32 Å². The van der Waals surface area contributed by atoms with Crippen LogP contribution in [0.5, 0.6) is 0 Å². The first kappa shape index (κ1) is 18.8. The molecule has 0 radical (unpaired) electrons. The van der Waals surface area contributed by atoms with Gasteiger partial charge in [-0.1, -0.05) is 19.9 Å². The average molecular weight is 307 g/mol. The van der Waals surface area contributed by atoms with Crippen LogP contribution in [-0.2, 0) is 11.2 Å². The van der Waals surface area contributed by atoms with Gasteiger partial charge in [-0.05, 0) is 24.5 Å². The zero-order chi connectivity index (χ0) is 14.5. The molecule has 0 bridgehead atoms. The van der Waals surface area contributed by atoms with Crippen LogP contribution in [0, 0.1) is 11.6 Å². The molecule has 3 nitrogen and oxygen atoms in total. The third-order valence-corrected chi connectivity index (χ3v) is 3.51. The lowest BCUT2D eigenvalue weighted by atomic mass is 9.92. The van der Waals surface area contributed by atoms with Gasteiger partial charge in [-0.2, -0.15) is 0 Å². The van der Waals surface area contributed by atoms with E-state index in [1.165, 1.54) is 6.07 Å². The Morgan fingerprint density at radius 3 is 2.35 bits per heavy atom. The molecule has 1 rings (SSSR count). The van der Waals surface area contributed by atoms with E-state index in [-0.39, 0.29) is 30.3 Å². The second-order valence-corrected chi connectivity index (χ2v) is 4.65. The van der Waals surface area contributed by atoms with Gasteiger partial charge >= 0.3 is 0 Å². The minimum absolute atomic E-state index is 0. The Hall–Kier alpha value is -1.20. The van der Waals surface area contributed by atoms with Crippen molar-refractivity contribution in [1.82, 2.24) is 5.32 Å². The van der Waals surface area contributed by atoms with Crippen LogP contribution in [0.25, 0.3) is 0 Å². The molecule has 20 heavy (non-hydrogen) atoms. The van der Waals surface area contributed by atoms with E-state index < -0.39 is 17.2 Å². The molecule has 0 fully saturated rings. The van der Waals surface area contributed by atoms with E-state index in [4.69, 9.17) is 5.73 Å². The van der Waals surface area contributed by atoms with Crippen LogP contribution >= 0.6 is 12.4 Å². The predicted molar refractivity (Wildman–Crippen MR) is 77.8 cm³/mol. The number of rotatable bonds is 6. The number of hydrogen-bond donors (Lipinski definition) is 2. The molecule has 1 amide bonds. The summed E-state index contributed by atoms with van der Waals surface area (Å²) < 4.78 is 26.2. The van der Waals surface area contributed by atoms with Crippen molar-refractivity contribution < 1.29 is 13.6 Å². The quantitative estimate of drug-likeness (QED) is 0.848. The van der Waals surface area contributed by atoms with Crippen molar-refractivity contribution in [3.05, 3.63) is 35.4 Å². The number of benzene rings is 1. The van der Waals surface area contributed by atoms with Crippen LogP contribution in [0.4, 0.5) is 8.78 Å². The predicted octanol–water partition coefficient (Wildman–Crippen LogP) is 2.56. The minimum atomic E-state index is -0.707. The van der Waals surface area contributed by atoms with E-state index in [9.17, 15) is 13.6 Å². The number of halogens is 3. The molecule has 1 aromatic rings. The molecule has 0 aliphatic carbocycles. The SMILES string of the molecule is CCC(CC)(CN)NC(=O)Cc1ccc(F)cc1F.Cl. The molecule has 6 heteroatoms. The standard InChI is InChI=1S/C14H20F2N2O.ClH/c1-3-14(4-2,9-17)18-13(19)7-10-5-6-11(15)8-12(10)16;/h5-6,8H,3-4,7,9,17H2,1-2H3,(H,18,19);1H. The van der Waals surface area contributed by atoms with Gasteiger partial charge in [-0.15, -0.1) is 12.4 Å². The van der Waals surface area contributed by atoms with Gasteiger partial charge in [0.2, 0.25) is 5.91 Å². The van der Waals surface area contributed by atoms with Gasteiger partial charge in [0.15, 0.2) is 0 Å². The number of nitrogens with one attached hydrogen (secondary N) is 1. The molecular weight excluding hydrogens is 286 g/mol. The highest BCUT2D eigenvalue weighted by atomic mass is 35.5. The van der Waals surface area contributed by atoms with E-state index in [0.29, 0.717) is 19.4 Å². The maximum absolute atomic E-state index is 13.4. The second kappa shape index (κ2) is 8.17. The summed E-state index contributed by atoms with van der Waals surface area (Å²) in [6.45, 7) is 4.21. The van der Waals surface area contributed by atoms with Crippen LogP contribution in [-0.4, -0.2) is 18.0 Å². The van der Waals surface area contributed by atoms with E-state index in [1.807, 2.05) is 13.8 Å². The van der Waals surface area contributed by atoms with Crippen molar-refractivity contribution in [2.24, 2.45) is 5.73 Å². The maximum atomic E-state index is 13.4. The van der Waals surface area contributed by atoms with Gasteiger partial charge in [0.1, 0.15) is 11.6 Å².